The van der Waals surface area contributed by atoms with E-state index in [2.05, 4.69) is 5.32 Å². The summed E-state index contributed by atoms with van der Waals surface area (Å²) in [7, 11) is 0. The Morgan fingerprint density at radius 1 is 0.652 bits per heavy atom. The normalized spacial score (nSPS) is 11.2. The van der Waals surface area contributed by atoms with Crippen LogP contribution in [-0.4, -0.2) is 43.8 Å². The topological polar surface area (TPSA) is 133 Å². The number of anilines is 1. The van der Waals surface area contributed by atoms with Crippen LogP contribution in [0.25, 0.3) is 21.5 Å². The van der Waals surface area contributed by atoms with Crippen LogP contribution in [0.5, 0.6) is 28.7 Å². The molecule has 0 aromatic heterocycles. The Kier molecular flexibility index (Phi) is 3.42. The maximum atomic E-state index is 10.5. The lowest BCUT2D eigenvalue weighted by atomic mass is 9.97. The Labute approximate surface area is 130 Å². The van der Waals surface area contributed by atoms with Crippen LogP contribution in [0, 0.1) is 0 Å². The standard InChI is InChI=1S/C16H15NO6/c18-6-5-17-7-1-2-8(19)12-11(7)15(22)13-9(20)3-4-10(21)14(13)16(12)23/h1-4,17-23H,5-6H2. The number of aromatic hydroxyl groups is 5. The highest BCUT2D eigenvalue weighted by atomic mass is 16.3. The van der Waals surface area contributed by atoms with Crippen LogP contribution < -0.4 is 5.32 Å². The third kappa shape index (κ3) is 2.09. The van der Waals surface area contributed by atoms with Crippen molar-refractivity contribution in [2.24, 2.45) is 0 Å². The minimum Gasteiger partial charge on any atom is -0.507 e. The van der Waals surface area contributed by atoms with Crippen LogP contribution in [0.3, 0.4) is 0 Å². The minimum atomic E-state index is -0.466. The molecule has 0 aliphatic rings. The summed E-state index contributed by atoms with van der Waals surface area (Å²) in [6.45, 7) is 0.0267. The number of hydrogen-bond acceptors (Lipinski definition) is 7. The summed E-state index contributed by atoms with van der Waals surface area (Å²) in [5.41, 5.74) is 0.351. The monoisotopic (exact) mass is 317 g/mol. The van der Waals surface area contributed by atoms with Crippen molar-refractivity contribution in [3.8, 4) is 28.7 Å². The third-order valence-corrected chi connectivity index (χ3v) is 3.72. The molecule has 0 aliphatic heterocycles. The van der Waals surface area contributed by atoms with Gasteiger partial charge >= 0.3 is 0 Å². The number of fused-ring (bicyclic) bond motifs is 2. The van der Waals surface area contributed by atoms with Crippen LogP contribution in [0.1, 0.15) is 0 Å². The molecule has 0 unspecified atom stereocenters. The quantitative estimate of drug-likeness (QED) is 0.290. The van der Waals surface area contributed by atoms with Gasteiger partial charge in [0.05, 0.1) is 28.2 Å². The summed E-state index contributed by atoms with van der Waals surface area (Å²) >= 11 is 0. The van der Waals surface area contributed by atoms with E-state index >= 15 is 0 Å². The molecular weight excluding hydrogens is 302 g/mol. The Hall–Kier alpha value is -3.06. The van der Waals surface area contributed by atoms with Gasteiger partial charge in [0.15, 0.2) is 0 Å². The van der Waals surface area contributed by atoms with Gasteiger partial charge < -0.3 is 36.0 Å². The Bertz CT molecular complexity index is 922. The van der Waals surface area contributed by atoms with E-state index in [0.29, 0.717) is 5.69 Å². The molecule has 0 radical (unpaired) electrons. The molecule has 0 heterocycles. The van der Waals surface area contributed by atoms with Crippen molar-refractivity contribution in [1.82, 2.24) is 0 Å². The maximum absolute atomic E-state index is 10.5. The average molecular weight is 317 g/mol. The predicted octanol–water partition coefficient (Wildman–Crippen LogP) is 1.93. The van der Waals surface area contributed by atoms with Crippen LogP contribution in [0.4, 0.5) is 5.69 Å². The first-order chi connectivity index (χ1) is 11.0. The Balaban J connectivity index is 2.55. The number of nitrogens with one attached hydrogen (secondary N) is 1. The number of phenols is 5. The summed E-state index contributed by atoms with van der Waals surface area (Å²) in [5.74, 6) is -1.85. The van der Waals surface area contributed by atoms with E-state index in [1.165, 1.54) is 24.3 Å². The lowest BCUT2D eigenvalue weighted by molar-refractivity contribution is 0.311. The van der Waals surface area contributed by atoms with Gasteiger partial charge in [0.2, 0.25) is 0 Å². The Morgan fingerprint density at radius 3 is 1.61 bits per heavy atom. The Morgan fingerprint density at radius 2 is 1.09 bits per heavy atom. The second kappa shape index (κ2) is 5.29. The van der Waals surface area contributed by atoms with E-state index in [9.17, 15) is 25.5 Å². The van der Waals surface area contributed by atoms with Gasteiger partial charge in [0.25, 0.3) is 0 Å². The van der Waals surface area contributed by atoms with Gasteiger partial charge in [-0.3, -0.25) is 0 Å². The van der Waals surface area contributed by atoms with Crippen molar-refractivity contribution in [2.45, 2.75) is 0 Å². The molecule has 0 saturated heterocycles. The first kappa shape index (κ1) is 14.9. The first-order valence-corrected chi connectivity index (χ1v) is 6.86. The van der Waals surface area contributed by atoms with Crippen LogP contribution >= 0.6 is 0 Å². The van der Waals surface area contributed by atoms with Gasteiger partial charge in [-0.2, -0.15) is 0 Å². The second-order valence-electron chi connectivity index (χ2n) is 5.08. The first-order valence-electron chi connectivity index (χ1n) is 6.86. The van der Waals surface area contributed by atoms with Gasteiger partial charge in [0, 0.05) is 12.2 Å². The molecule has 3 rings (SSSR count). The fourth-order valence-electron chi connectivity index (χ4n) is 2.73. The van der Waals surface area contributed by atoms with E-state index in [0.717, 1.165) is 0 Å². The highest BCUT2D eigenvalue weighted by molar-refractivity contribution is 6.19. The second-order valence-corrected chi connectivity index (χ2v) is 5.08. The molecule has 23 heavy (non-hydrogen) atoms. The number of rotatable bonds is 3. The van der Waals surface area contributed by atoms with Gasteiger partial charge in [-0.05, 0) is 24.3 Å². The predicted molar refractivity (Wildman–Crippen MR) is 85.4 cm³/mol. The average Bonchev–Trinajstić information content (AvgIpc) is 2.53. The highest BCUT2D eigenvalue weighted by Crippen LogP contribution is 2.52. The zero-order valence-corrected chi connectivity index (χ0v) is 11.9. The smallest absolute Gasteiger partial charge is 0.139 e. The molecule has 7 heteroatoms. The van der Waals surface area contributed by atoms with Gasteiger partial charge in [-0.1, -0.05) is 0 Å². The van der Waals surface area contributed by atoms with E-state index < -0.39 is 11.5 Å². The maximum Gasteiger partial charge on any atom is 0.139 e. The van der Waals surface area contributed by atoms with Crippen molar-refractivity contribution in [2.75, 3.05) is 18.5 Å². The molecule has 0 aliphatic carbocycles. The van der Waals surface area contributed by atoms with E-state index in [4.69, 9.17) is 5.11 Å². The van der Waals surface area contributed by atoms with Crippen molar-refractivity contribution in [1.29, 1.82) is 0 Å². The summed E-state index contributed by atoms with van der Waals surface area (Å²) in [6.07, 6.45) is 0. The molecule has 0 saturated carbocycles. The molecule has 0 bridgehead atoms. The minimum absolute atomic E-state index is 0.0705. The molecule has 0 fully saturated rings. The van der Waals surface area contributed by atoms with E-state index in [-0.39, 0.29) is 51.9 Å². The van der Waals surface area contributed by atoms with Crippen LogP contribution in [0.15, 0.2) is 24.3 Å². The zero-order chi connectivity index (χ0) is 16.7. The fraction of sp³-hybridized carbons (Fsp3) is 0.125. The van der Waals surface area contributed by atoms with Crippen molar-refractivity contribution < 1.29 is 30.6 Å². The van der Waals surface area contributed by atoms with E-state index in [1.807, 2.05) is 0 Å². The van der Waals surface area contributed by atoms with Crippen molar-refractivity contribution in [3.63, 3.8) is 0 Å². The molecule has 120 valence electrons. The number of phenolic OH excluding ortho intramolecular Hbond substituents is 5. The molecule has 3 aromatic rings. The summed E-state index contributed by atoms with van der Waals surface area (Å²) in [6, 6.07) is 5.14. The number of aliphatic hydroxyl groups is 1. The number of benzene rings is 3. The number of hydrogen-bond donors (Lipinski definition) is 7. The van der Waals surface area contributed by atoms with Crippen molar-refractivity contribution in [3.05, 3.63) is 24.3 Å². The summed E-state index contributed by atoms with van der Waals surface area (Å²) in [5, 5.41) is 62.5. The fourth-order valence-corrected chi connectivity index (χ4v) is 2.73. The molecular formula is C16H15NO6. The van der Waals surface area contributed by atoms with Gasteiger partial charge in [-0.15, -0.1) is 0 Å². The lowest BCUT2D eigenvalue weighted by Crippen LogP contribution is -2.05. The van der Waals surface area contributed by atoms with Crippen molar-refractivity contribution >= 4 is 27.2 Å². The third-order valence-electron chi connectivity index (χ3n) is 3.72. The summed E-state index contributed by atoms with van der Waals surface area (Å²) in [4.78, 5) is 0. The largest absolute Gasteiger partial charge is 0.507 e. The number of aliphatic hydroxyl groups excluding tert-OH is 1. The molecule has 7 N–H and O–H groups in total. The molecule has 0 atom stereocenters. The van der Waals surface area contributed by atoms with Crippen LogP contribution in [0.2, 0.25) is 0 Å². The zero-order valence-electron chi connectivity index (χ0n) is 11.9. The molecule has 0 amide bonds. The molecule has 3 aromatic carbocycles. The lowest BCUT2D eigenvalue weighted by Gasteiger charge is -2.16. The van der Waals surface area contributed by atoms with Gasteiger partial charge in [0.1, 0.15) is 28.7 Å². The highest BCUT2D eigenvalue weighted by Gasteiger charge is 2.22. The molecule has 0 spiro atoms. The van der Waals surface area contributed by atoms with Crippen LogP contribution in [-0.2, 0) is 0 Å². The SMILES string of the molecule is OCCNc1ccc(O)c2c(O)c3c(O)ccc(O)c3c(O)c12. The molecule has 7 nitrogen and oxygen atoms in total. The van der Waals surface area contributed by atoms with Gasteiger partial charge in [-0.25, -0.2) is 0 Å². The summed E-state index contributed by atoms with van der Waals surface area (Å²) < 4.78 is 0. The van der Waals surface area contributed by atoms with E-state index in [1.54, 1.807) is 0 Å².